The van der Waals surface area contributed by atoms with Gasteiger partial charge in [0.15, 0.2) is 10.9 Å². The minimum atomic E-state index is -0.339. The van der Waals surface area contributed by atoms with Crippen LogP contribution < -0.4 is 4.74 Å². The minimum Gasteiger partial charge on any atom is -0.486 e. The molecule has 0 unspecified atom stereocenters. The summed E-state index contributed by atoms with van der Waals surface area (Å²) in [5, 5.41) is 1.55. The van der Waals surface area contributed by atoms with Gasteiger partial charge < -0.3 is 4.74 Å². The van der Waals surface area contributed by atoms with Crippen molar-refractivity contribution in [2.24, 2.45) is 4.99 Å². The average Bonchev–Trinajstić information content (AvgIpc) is 3.09. The van der Waals surface area contributed by atoms with Crippen LogP contribution in [0.3, 0.4) is 0 Å². The molecule has 34 heavy (non-hydrogen) atoms. The van der Waals surface area contributed by atoms with Gasteiger partial charge in [0, 0.05) is 17.1 Å². The number of likely N-dealkylation sites (N-methyl/N-ethyl adjacent to an activating group) is 1. The summed E-state index contributed by atoms with van der Waals surface area (Å²) in [6, 6.07) is 16.8. The smallest absolute Gasteiger partial charge is 0.266 e. The van der Waals surface area contributed by atoms with Crippen molar-refractivity contribution in [3.8, 4) is 5.75 Å². The van der Waals surface area contributed by atoms with E-state index in [4.69, 9.17) is 27.9 Å². The normalized spacial score (nSPS) is 16.0. The number of amides is 1. The Morgan fingerprint density at radius 1 is 1.12 bits per heavy atom. The largest absolute Gasteiger partial charge is 0.486 e. The summed E-state index contributed by atoms with van der Waals surface area (Å²) >= 11 is 17.5. The molecule has 0 saturated carbocycles. The zero-order valence-electron chi connectivity index (χ0n) is 17.9. The van der Waals surface area contributed by atoms with Gasteiger partial charge in [-0.2, -0.15) is 0 Å². The predicted octanol–water partition coefficient (Wildman–Crippen LogP) is 8.10. The van der Waals surface area contributed by atoms with E-state index < -0.39 is 0 Å². The van der Waals surface area contributed by atoms with E-state index in [2.05, 4.69) is 20.9 Å². The summed E-state index contributed by atoms with van der Waals surface area (Å²) in [5.74, 6) is -0.00341. The fourth-order valence-electron chi connectivity index (χ4n) is 3.21. The van der Waals surface area contributed by atoms with Gasteiger partial charge in [0.2, 0.25) is 0 Å². The number of halogens is 4. The molecule has 3 aromatic rings. The minimum absolute atomic E-state index is 0.153. The predicted molar refractivity (Wildman–Crippen MR) is 141 cm³/mol. The van der Waals surface area contributed by atoms with E-state index in [1.165, 1.54) is 23.9 Å². The van der Waals surface area contributed by atoms with Gasteiger partial charge in [-0.05, 0) is 88.7 Å². The highest BCUT2D eigenvalue weighted by molar-refractivity contribution is 9.10. The molecule has 0 aliphatic carbocycles. The van der Waals surface area contributed by atoms with Crippen LogP contribution in [0.15, 0.2) is 75.0 Å². The summed E-state index contributed by atoms with van der Waals surface area (Å²) in [6.07, 6.45) is 1.76. The van der Waals surface area contributed by atoms with Crippen LogP contribution in [0.5, 0.6) is 5.75 Å². The number of carbonyl (C=O) groups excluding carboxylic acids is 1. The van der Waals surface area contributed by atoms with Gasteiger partial charge in [0.1, 0.15) is 12.4 Å². The zero-order chi connectivity index (χ0) is 24.2. The molecule has 4 nitrogen and oxygen atoms in total. The molecular weight excluding hydrogens is 562 g/mol. The standard InChI is InChI=1S/C25H18BrCl2FN2O2S/c1-2-31-24(32)22(34-25(31)30-18-9-7-17(29)8-10-18)13-15-11-19(26)23(21(28)12-15)33-14-16-5-3-4-6-20(16)27/h3-13H,2,14H2,1H3/b22-13+,30-25?. The lowest BCUT2D eigenvalue weighted by Gasteiger charge is -2.12. The number of amidine groups is 1. The van der Waals surface area contributed by atoms with Gasteiger partial charge in [-0.1, -0.05) is 41.4 Å². The lowest BCUT2D eigenvalue weighted by atomic mass is 10.2. The van der Waals surface area contributed by atoms with Crippen LogP contribution in [0.1, 0.15) is 18.1 Å². The first-order valence-corrected chi connectivity index (χ1v) is 12.6. The van der Waals surface area contributed by atoms with E-state index in [1.54, 1.807) is 35.2 Å². The number of aliphatic imine (C=N–C) groups is 1. The van der Waals surface area contributed by atoms with E-state index in [-0.39, 0.29) is 18.3 Å². The Hall–Kier alpha value is -2.32. The Balaban J connectivity index is 1.56. The first-order chi connectivity index (χ1) is 16.4. The number of rotatable bonds is 6. The number of thioether (sulfide) groups is 1. The monoisotopic (exact) mass is 578 g/mol. The van der Waals surface area contributed by atoms with E-state index in [9.17, 15) is 9.18 Å². The SMILES string of the molecule is CCN1C(=O)/C(=C\c2cc(Cl)c(OCc3ccccc3Cl)c(Br)c2)SC1=Nc1ccc(F)cc1. The van der Waals surface area contributed by atoms with E-state index >= 15 is 0 Å². The third kappa shape index (κ3) is 5.66. The molecule has 0 aromatic heterocycles. The lowest BCUT2D eigenvalue weighted by molar-refractivity contribution is -0.122. The van der Waals surface area contributed by atoms with Crippen molar-refractivity contribution in [2.75, 3.05) is 6.54 Å². The number of hydrogen-bond acceptors (Lipinski definition) is 4. The molecule has 1 fully saturated rings. The molecule has 0 bridgehead atoms. The molecule has 174 valence electrons. The highest BCUT2D eigenvalue weighted by atomic mass is 79.9. The van der Waals surface area contributed by atoms with Crippen molar-refractivity contribution in [1.29, 1.82) is 0 Å². The number of hydrogen-bond donors (Lipinski definition) is 0. The van der Waals surface area contributed by atoms with Crippen molar-refractivity contribution < 1.29 is 13.9 Å². The maximum Gasteiger partial charge on any atom is 0.266 e. The van der Waals surface area contributed by atoms with Gasteiger partial charge in [-0.3, -0.25) is 9.69 Å². The second-order valence-corrected chi connectivity index (χ2v) is 9.90. The van der Waals surface area contributed by atoms with Crippen LogP contribution in [0, 0.1) is 5.82 Å². The van der Waals surface area contributed by atoms with Gasteiger partial charge in [-0.25, -0.2) is 9.38 Å². The molecule has 0 radical (unpaired) electrons. The topological polar surface area (TPSA) is 41.9 Å². The molecule has 9 heteroatoms. The van der Waals surface area contributed by atoms with Crippen LogP contribution in [-0.2, 0) is 11.4 Å². The molecule has 0 spiro atoms. The molecule has 3 aromatic carbocycles. The summed E-state index contributed by atoms with van der Waals surface area (Å²) in [7, 11) is 0. The first kappa shape index (κ1) is 24.8. The Kier molecular flexibility index (Phi) is 7.99. The zero-order valence-corrected chi connectivity index (χ0v) is 21.8. The van der Waals surface area contributed by atoms with Crippen LogP contribution >= 0.6 is 50.9 Å². The van der Waals surface area contributed by atoms with E-state index in [1.807, 2.05) is 31.2 Å². The fourth-order valence-corrected chi connectivity index (χ4v) is 5.46. The fraction of sp³-hybridized carbons (Fsp3) is 0.120. The third-order valence-electron chi connectivity index (χ3n) is 4.90. The highest BCUT2D eigenvalue weighted by Gasteiger charge is 2.32. The van der Waals surface area contributed by atoms with Crippen LogP contribution in [0.2, 0.25) is 10.0 Å². The number of carbonyl (C=O) groups is 1. The number of nitrogens with zero attached hydrogens (tertiary/aromatic N) is 2. The van der Waals surface area contributed by atoms with Crippen LogP contribution in [-0.4, -0.2) is 22.5 Å². The third-order valence-corrected chi connectivity index (χ3v) is 7.15. The summed E-state index contributed by atoms with van der Waals surface area (Å²) in [6.45, 7) is 2.60. The molecule has 4 rings (SSSR count). The van der Waals surface area contributed by atoms with Gasteiger partial charge >= 0.3 is 0 Å². The molecule has 1 heterocycles. The first-order valence-electron chi connectivity index (χ1n) is 10.3. The number of benzene rings is 3. The quantitative estimate of drug-likeness (QED) is 0.277. The summed E-state index contributed by atoms with van der Waals surface area (Å²) in [5.41, 5.74) is 2.15. The number of ether oxygens (including phenoxy) is 1. The molecular formula is C25H18BrCl2FN2O2S. The van der Waals surface area contributed by atoms with Crippen LogP contribution in [0.25, 0.3) is 6.08 Å². The summed E-state index contributed by atoms with van der Waals surface area (Å²) in [4.78, 5) is 19.5. The molecule has 1 aliphatic heterocycles. The lowest BCUT2D eigenvalue weighted by Crippen LogP contribution is -2.28. The second-order valence-electron chi connectivity index (χ2n) is 7.22. The molecule has 1 saturated heterocycles. The van der Waals surface area contributed by atoms with Gasteiger partial charge in [0.25, 0.3) is 5.91 Å². The van der Waals surface area contributed by atoms with Crippen molar-refractivity contribution in [2.45, 2.75) is 13.5 Å². The van der Waals surface area contributed by atoms with E-state index in [0.717, 1.165) is 11.1 Å². The molecule has 0 atom stereocenters. The molecule has 1 amide bonds. The summed E-state index contributed by atoms with van der Waals surface area (Å²) < 4.78 is 19.8. The Bertz CT molecular complexity index is 1280. The molecule has 1 aliphatic rings. The van der Waals surface area contributed by atoms with E-state index in [0.29, 0.717) is 42.6 Å². The molecule has 0 N–H and O–H groups in total. The maximum absolute atomic E-state index is 13.2. The van der Waals surface area contributed by atoms with Crippen molar-refractivity contribution in [1.82, 2.24) is 4.90 Å². The highest BCUT2D eigenvalue weighted by Crippen LogP contribution is 2.38. The second kappa shape index (κ2) is 11.0. The Morgan fingerprint density at radius 2 is 1.85 bits per heavy atom. The van der Waals surface area contributed by atoms with Crippen molar-refractivity contribution >= 4 is 73.7 Å². The van der Waals surface area contributed by atoms with Crippen molar-refractivity contribution in [3.63, 3.8) is 0 Å². The van der Waals surface area contributed by atoms with Gasteiger partial charge in [0.05, 0.1) is 20.1 Å². The average molecular weight is 580 g/mol. The van der Waals surface area contributed by atoms with Crippen LogP contribution in [0.4, 0.5) is 10.1 Å². The van der Waals surface area contributed by atoms with Crippen molar-refractivity contribution in [3.05, 3.63) is 97.0 Å². The van der Waals surface area contributed by atoms with Gasteiger partial charge in [-0.15, -0.1) is 0 Å². The Morgan fingerprint density at radius 3 is 2.53 bits per heavy atom. The Labute approximate surface area is 219 Å². The maximum atomic E-state index is 13.2.